The molecule has 0 radical (unpaired) electrons. The Hall–Kier alpha value is -1.86. The quantitative estimate of drug-likeness (QED) is 0.312. The summed E-state index contributed by atoms with van der Waals surface area (Å²) >= 11 is 0. The Kier molecular flexibility index (Phi) is 3.59. The van der Waals surface area contributed by atoms with Crippen molar-refractivity contribution in [3.63, 3.8) is 0 Å². The van der Waals surface area contributed by atoms with Gasteiger partial charge in [0.2, 0.25) is 0 Å². The van der Waals surface area contributed by atoms with Crippen LogP contribution in [0.25, 0.3) is 0 Å². The second-order valence-corrected chi connectivity index (χ2v) is 4.12. The molecule has 19 heavy (non-hydrogen) atoms. The molecule has 1 N–H and O–H groups in total. The van der Waals surface area contributed by atoms with E-state index in [0.29, 0.717) is 0 Å². The number of aliphatic hydroxyl groups excluding tert-OH is 1. The third kappa shape index (κ3) is 2.47. The van der Waals surface area contributed by atoms with Crippen molar-refractivity contribution in [2.45, 2.75) is 24.4 Å². The first-order valence-electron chi connectivity index (χ1n) is 5.57. The number of ether oxygens (including phenoxy) is 4. The smallest absolute Gasteiger partial charge is 0.372 e. The number of carbonyl (C=O) groups is 2. The van der Waals surface area contributed by atoms with E-state index in [2.05, 4.69) is 16.1 Å². The highest BCUT2D eigenvalue weighted by atomic mass is 16.6. The lowest BCUT2D eigenvalue weighted by Crippen LogP contribution is -2.38. The van der Waals surface area contributed by atoms with Crippen molar-refractivity contribution < 1.29 is 33.6 Å². The van der Waals surface area contributed by atoms with Crippen LogP contribution in [0.15, 0.2) is 24.0 Å². The second-order valence-electron chi connectivity index (χ2n) is 4.12. The number of rotatable bonds is 4. The maximum atomic E-state index is 11.5. The van der Waals surface area contributed by atoms with Gasteiger partial charge in [0.15, 0.2) is 5.76 Å². The molecule has 0 saturated carbocycles. The van der Waals surface area contributed by atoms with Crippen molar-refractivity contribution in [1.82, 2.24) is 0 Å². The molecule has 0 bridgehead atoms. The molecule has 0 unspecified atom stereocenters. The highest BCUT2D eigenvalue weighted by Gasteiger charge is 2.55. The molecule has 7 nitrogen and oxygen atoms in total. The van der Waals surface area contributed by atoms with Crippen molar-refractivity contribution in [1.29, 1.82) is 0 Å². The predicted molar refractivity (Wildman–Crippen MR) is 60.8 cm³/mol. The number of esters is 2. The number of aliphatic hydroxyl groups is 1. The van der Waals surface area contributed by atoms with Crippen LogP contribution in [0.5, 0.6) is 0 Å². The van der Waals surface area contributed by atoms with Crippen LogP contribution >= 0.6 is 0 Å². The van der Waals surface area contributed by atoms with E-state index in [4.69, 9.17) is 9.47 Å². The molecule has 104 valence electrons. The molecule has 1 fully saturated rings. The number of hydrogen-bond acceptors (Lipinski definition) is 7. The summed E-state index contributed by atoms with van der Waals surface area (Å²) in [6.45, 7) is 3.39. The zero-order chi connectivity index (χ0) is 14.2. The van der Waals surface area contributed by atoms with Gasteiger partial charge in [-0.1, -0.05) is 0 Å². The van der Waals surface area contributed by atoms with E-state index in [9.17, 15) is 14.7 Å². The minimum atomic E-state index is -0.986. The van der Waals surface area contributed by atoms with E-state index >= 15 is 0 Å². The summed E-state index contributed by atoms with van der Waals surface area (Å²) in [5.41, 5.74) is 0.264. The van der Waals surface area contributed by atoms with Gasteiger partial charge in [0, 0.05) is 0 Å². The summed E-state index contributed by atoms with van der Waals surface area (Å²) in [4.78, 5) is 22.7. The average molecular weight is 270 g/mol. The minimum absolute atomic E-state index is 0.258. The summed E-state index contributed by atoms with van der Waals surface area (Å²) in [6.07, 6.45) is -1.54. The minimum Gasteiger partial charge on any atom is -0.477 e. The molecule has 0 aromatic heterocycles. The monoisotopic (exact) mass is 270 g/mol. The van der Waals surface area contributed by atoms with Crippen LogP contribution in [-0.2, 0) is 28.5 Å². The summed E-state index contributed by atoms with van der Waals surface area (Å²) in [5, 5.41) is 9.91. The number of methoxy groups -OCH3 is 2. The predicted octanol–water partition coefficient (Wildman–Crippen LogP) is -0.700. The fraction of sp³-hybridized carbons (Fsp3) is 0.500. The molecule has 1 saturated heterocycles. The number of epoxide rings is 1. The van der Waals surface area contributed by atoms with Crippen LogP contribution < -0.4 is 0 Å². The summed E-state index contributed by atoms with van der Waals surface area (Å²) in [7, 11) is 2.43. The van der Waals surface area contributed by atoms with Crippen LogP contribution in [0.2, 0.25) is 0 Å². The largest absolute Gasteiger partial charge is 0.477 e. The molecule has 0 aromatic rings. The number of hydrogen-bond donors (Lipinski definition) is 1. The highest BCUT2D eigenvalue weighted by Crippen LogP contribution is 2.39. The van der Waals surface area contributed by atoms with Crippen molar-refractivity contribution in [2.24, 2.45) is 0 Å². The first kappa shape index (κ1) is 13.6. The number of carbonyl (C=O) groups excluding carboxylic acids is 2. The van der Waals surface area contributed by atoms with Gasteiger partial charge in [-0.2, -0.15) is 0 Å². The van der Waals surface area contributed by atoms with Gasteiger partial charge in [0.25, 0.3) is 0 Å². The van der Waals surface area contributed by atoms with Gasteiger partial charge in [-0.05, 0) is 12.7 Å². The van der Waals surface area contributed by atoms with Crippen LogP contribution in [0.3, 0.4) is 0 Å². The van der Waals surface area contributed by atoms with Crippen LogP contribution in [0.4, 0.5) is 0 Å². The molecule has 4 atom stereocenters. The molecule has 0 aromatic carbocycles. The van der Waals surface area contributed by atoms with Gasteiger partial charge in [-0.25, -0.2) is 9.59 Å². The van der Waals surface area contributed by atoms with E-state index in [1.165, 1.54) is 20.3 Å². The van der Waals surface area contributed by atoms with Crippen molar-refractivity contribution in [2.75, 3.05) is 14.2 Å². The SMILES string of the molecule is C=C(O[C@@H]1C=C(C(=O)OC)[C@H]2O[C@H]2[C@H]1O)C(=O)OC. The van der Waals surface area contributed by atoms with Gasteiger partial charge in [-0.3, -0.25) is 0 Å². The molecular weight excluding hydrogens is 256 g/mol. The lowest BCUT2D eigenvalue weighted by Gasteiger charge is -2.24. The lowest BCUT2D eigenvalue weighted by molar-refractivity contribution is -0.141. The topological polar surface area (TPSA) is 94.6 Å². The van der Waals surface area contributed by atoms with Gasteiger partial charge >= 0.3 is 11.9 Å². The second kappa shape index (κ2) is 5.02. The summed E-state index contributed by atoms with van der Waals surface area (Å²) in [5.74, 6) is -1.57. The zero-order valence-corrected chi connectivity index (χ0v) is 10.5. The lowest BCUT2D eigenvalue weighted by atomic mass is 9.95. The van der Waals surface area contributed by atoms with Crippen molar-refractivity contribution in [3.8, 4) is 0 Å². The van der Waals surface area contributed by atoms with Gasteiger partial charge in [-0.15, -0.1) is 0 Å². The van der Waals surface area contributed by atoms with Gasteiger partial charge in [0.1, 0.15) is 24.4 Å². The average Bonchev–Trinajstić information content (AvgIpc) is 3.20. The maximum Gasteiger partial charge on any atom is 0.372 e. The van der Waals surface area contributed by atoms with E-state index in [0.717, 1.165) is 0 Å². The zero-order valence-electron chi connectivity index (χ0n) is 10.5. The Balaban J connectivity index is 2.13. The highest BCUT2D eigenvalue weighted by molar-refractivity contribution is 5.91. The molecule has 1 aliphatic heterocycles. The Bertz CT molecular complexity index is 453. The van der Waals surface area contributed by atoms with Gasteiger partial charge < -0.3 is 24.1 Å². The van der Waals surface area contributed by atoms with Crippen molar-refractivity contribution >= 4 is 11.9 Å². The third-order valence-electron chi connectivity index (χ3n) is 2.96. The summed E-state index contributed by atoms with van der Waals surface area (Å²) in [6, 6.07) is 0. The fourth-order valence-corrected chi connectivity index (χ4v) is 1.92. The van der Waals surface area contributed by atoms with Gasteiger partial charge in [0.05, 0.1) is 19.8 Å². The molecular formula is C12H14O7. The summed E-state index contributed by atoms with van der Waals surface area (Å²) < 4.78 is 19.4. The van der Waals surface area contributed by atoms with E-state index in [-0.39, 0.29) is 11.3 Å². The van der Waals surface area contributed by atoms with E-state index in [1.54, 1.807) is 0 Å². The molecule has 2 aliphatic rings. The van der Waals surface area contributed by atoms with Crippen LogP contribution in [0.1, 0.15) is 0 Å². The Morgan fingerprint density at radius 3 is 2.63 bits per heavy atom. The Morgan fingerprint density at radius 1 is 1.37 bits per heavy atom. The molecule has 0 spiro atoms. The first-order valence-corrected chi connectivity index (χ1v) is 5.57. The molecule has 2 rings (SSSR count). The molecule has 0 amide bonds. The standard InChI is InChI=1S/C12H14O7/c1-5(11(14)16-2)18-7-4-6(12(15)17-3)9-10(19-9)8(7)13/h4,7-10,13H,1H2,2-3H3/t7-,8+,9-,10+/m1/s1. The third-order valence-corrected chi connectivity index (χ3v) is 2.96. The Morgan fingerprint density at radius 2 is 2.05 bits per heavy atom. The van der Waals surface area contributed by atoms with Crippen LogP contribution in [-0.4, -0.2) is 55.7 Å². The number of fused-ring (bicyclic) bond motifs is 1. The molecule has 1 aliphatic carbocycles. The van der Waals surface area contributed by atoms with Crippen LogP contribution in [0, 0.1) is 0 Å². The first-order chi connectivity index (χ1) is 8.99. The van der Waals surface area contributed by atoms with E-state index in [1.807, 2.05) is 0 Å². The molecule has 1 heterocycles. The Labute approximate surface area is 109 Å². The maximum absolute atomic E-state index is 11.5. The van der Waals surface area contributed by atoms with E-state index < -0.39 is 36.4 Å². The van der Waals surface area contributed by atoms with Crippen molar-refractivity contribution in [3.05, 3.63) is 24.0 Å². The molecule has 7 heteroatoms. The normalized spacial score (nSPS) is 31.6. The fourth-order valence-electron chi connectivity index (χ4n) is 1.92.